The summed E-state index contributed by atoms with van der Waals surface area (Å²) in [6, 6.07) is 6.31. The van der Waals surface area contributed by atoms with E-state index >= 15 is 0 Å². The number of imidazole rings is 1. The molecule has 3 aromatic heterocycles. The number of hydrogen-bond acceptors (Lipinski definition) is 6. The summed E-state index contributed by atoms with van der Waals surface area (Å²) in [7, 11) is 1.72. The van der Waals surface area contributed by atoms with E-state index < -0.39 is 5.92 Å². The van der Waals surface area contributed by atoms with Gasteiger partial charge in [-0.3, -0.25) is 9.48 Å². The molecule has 1 aromatic carbocycles. The number of aryl methyl sites for hydroxylation is 2. The lowest BCUT2D eigenvalue weighted by molar-refractivity contribution is -0.117. The van der Waals surface area contributed by atoms with Crippen LogP contribution < -0.4 is 9.80 Å². The van der Waals surface area contributed by atoms with Crippen molar-refractivity contribution in [3.63, 3.8) is 0 Å². The Morgan fingerprint density at radius 2 is 2.00 bits per heavy atom. The van der Waals surface area contributed by atoms with Crippen LogP contribution in [-0.2, 0) is 30.2 Å². The smallest absolute Gasteiger partial charge is 0.288 e. The van der Waals surface area contributed by atoms with E-state index in [1.165, 1.54) is 6.20 Å². The van der Waals surface area contributed by atoms with Gasteiger partial charge in [-0.25, -0.2) is 15.0 Å². The maximum atomic E-state index is 14.0. The molecule has 0 N–H and O–H groups in total. The number of likely N-dealkylation sites (N-methyl/N-ethyl adjacent to an activating group) is 1. The van der Waals surface area contributed by atoms with Crippen molar-refractivity contribution in [3.05, 3.63) is 58.6 Å². The summed E-state index contributed by atoms with van der Waals surface area (Å²) in [5, 5.41) is 4.93. The summed E-state index contributed by atoms with van der Waals surface area (Å²) in [5.41, 5.74) is 3.99. The van der Waals surface area contributed by atoms with Gasteiger partial charge < -0.3 is 14.4 Å². The molecule has 5 heterocycles. The van der Waals surface area contributed by atoms with Gasteiger partial charge in [0.15, 0.2) is 11.6 Å². The second-order valence-corrected chi connectivity index (χ2v) is 11.3. The molecule has 0 spiro atoms. The molecule has 2 aliphatic heterocycles. The van der Waals surface area contributed by atoms with Crippen LogP contribution in [0, 0.1) is 0 Å². The molecule has 0 radical (unpaired) electrons. The third-order valence-electron chi connectivity index (χ3n) is 7.82. The summed E-state index contributed by atoms with van der Waals surface area (Å²) >= 11 is 6.51. The molecule has 1 fully saturated rings. The fourth-order valence-electron chi connectivity index (χ4n) is 5.55. The number of benzene rings is 1. The van der Waals surface area contributed by atoms with Crippen molar-refractivity contribution in [2.45, 2.75) is 57.7 Å². The molecule has 206 valence electrons. The van der Waals surface area contributed by atoms with Crippen molar-refractivity contribution in [1.82, 2.24) is 29.3 Å². The minimum atomic E-state index is -3.00. The van der Waals surface area contributed by atoms with Gasteiger partial charge in [0.2, 0.25) is 5.91 Å². The first-order chi connectivity index (χ1) is 19.2. The summed E-state index contributed by atoms with van der Waals surface area (Å²) in [6.45, 7) is 2.10. The Morgan fingerprint density at radius 3 is 2.77 bits per heavy atom. The van der Waals surface area contributed by atoms with E-state index in [1.807, 2.05) is 26.3 Å². The maximum Gasteiger partial charge on any atom is 0.288 e. The number of amides is 1. The van der Waals surface area contributed by atoms with E-state index in [0.717, 1.165) is 49.3 Å². The lowest BCUT2D eigenvalue weighted by Crippen LogP contribution is -2.44. The first-order valence-electron chi connectivity index (χ1n) is 13.4. The second kappa shape index (κ2) is 9.09. The molecular weight excluding hydrogens is 538 g/mol. The predicted molar refractivity (Wildman–Crippen MR) is 147 cm³/mol. The van der Waals surface area contributed by atoms with Crippen LogP contribution in [0.3, 0.4) is 0 Å². The number of carbonyl (C=O) groups is 1. The highest BCUT2D eigenvalue weighted by molar-refractivity contribution is 6.32. The van der Waals surface area contributed by atoms with E-state index in [0.29, 0.717) is 53.0 Å². The van der Waals surface area contributed by atoms with Gasteiger partial charge in [-0.15, -0.1) is 0 Å². The van der Waals surface area contributed by atoms with Crippen LogP contribution in [0.5, 0.6) is 0 Å². The lowest BCUT2D eigenvalue weighted by Gasteiger charge is -2.34. The quantitative estimate of drug-likeness (QED) is 0.330. The first-order valence-corrected chi connectivity index (χ1v) is 13.7. The van der Waals surface area contributed by atoms with Gasteiger partial charge in [-0.2, -0.15) is 13.9 Å². The van der Waals surface area contributed by atoms with E-state index in [-0.39, 0.29) is 18.1 Å². The monoisotopic (exact) mass is 564 g/mol. The van der Waals surface area contributed by atoms with Crippen LogP contribution in [0.4, 0.5) is 20.3 Å². The Kier molecular flexibility index (Phi) is 5.71. The summed E-state index contributed by atoms with van der Waals surface area (Å²) < 4.78 is 31.7. The van der Waals surface area contributed by atoms with Crippen LogP contribution in [0.15, 0.2) is 36.8 Å². The van der Waals surface area contributed by atoms with Gasteiger partial charge in [0.1, 0.15) is 22.9 Å². The topological polar surface area (TPSA) is 85.0 Å². The van der Waals surface area contributed by atoms with Crippen LogP contribution in [0.2, 0.25) is 5.02 Å². The zero-order valence-electron chi connectivity index (χ0n) is 22.1. The molecule has 3 aliphatic rings. The standard InChI is InChI=1S/C28H27ClF2N8O/c1-28(30,31)22-14-37-9-3-4-17-10-16(5-8-19(17)26(37)34-22)13-38-15-23(40)36(2)21-12-32-25(35-27(21)38)24-20(29)11-33-39(24)18-6-7-18/h5,8,10-12,14,18H,3-4,6-7,9,13,15H2,1-2H3. The van der Waals surface area contributed by atoms with Crippen LogP contribution >= 0.6 is 11.6 Å². The van der Waals surface area contributed by atoms with E-state index in [4.69, 9.17) is 16.6 Å². The zero-order chi connectivity index (χ0) is 27.8. The number of fused-ring (bicyclic) bond motifs is 4. The van der Waals surface area contributed by atoms with Crippen LogP contribution in [-0.4, -0.2) is 48.8 Å². The van der Waals surface area contributed by atoms with Crippen LogP contribution in [0.1, 0.15) is 49.0 Å². The molecule has 1 amide bonds. The Morgan fingerprint density at radius 1 is 1.18 bits per heavy atom. The SMILES string of the molecule is CN1C(=O)CN(Cc2ccc3c(c2)CCCn2cc(C(C)(F)F)nc2-3)c2nc(-c3c(Cl)cnn3C3CC3)ncc21. The van der Waals surface area contributed by atoms with Gasteiger partial charge in [0.05, 0.1) is 30.0 Å². The predicted octanol–water partition coefficient (Wildman–Crippen LogP) is 5.23. The maximum absolute atomic E-state index is 14.0. The number of nitrogens with zero attached hydrogens (tertiary/aromatic N) is 8. The molecule has 4 aromatic rings. The fraction of sp³-hybridized carbons (Fsp3) is 0.393. The molecular formula is C28H27ClF2N8O. The number of alkyl halides is 2. The molecule has 12 heteroatoms. The molecule has 0 saturated heterocycles. The van der Waals surface area contributed by atoms with Gasteiger partial charge >= 0.3 is 0 Å². The Bertz CT molecular complexity index is 1650. The average Bonchev–Trinajstić information content (AvgIpc) is 3.60. The molecule has 0 unspecified atom stereocenters. The molecule has 1 aliphatic carbocycles. The Hall–Kier alpha value is -3.86. The number of halogens is 3. The number of carbonyl (C=O) groups excluding carboxylic acids is 1. The largest absolute Gasteiger partial charge is 0.341 e. The van der Waals surface area contributed by atoms with Crippen molar-refractivity contribution >= 4 is 29.0 Å². The van der Waals surface area contributed by atoms with Gasteiger partial charge in [-0.1, -0.05) is 29.8 Å². The summed E-state index contributed by atoms with van der Waals surface area (Å²) in [5.74, 6) is -1.38. The van der Waals surface area contributed by atoms with Gasteiger partial charge in [-0.05, 0) is 36.8 Å². The van der Waals surface area contributed by atoms with Crippen molar-refractivity contribution in [2.75, 3.05) is 23.4 Å². The molecule has 1 saturated carbocycles. The van der Waals surface area contributed by atoms with Gasteiger partial charge in [0, 0.05) is 38.8 Å². The Balaban J connectivity index is 1.24. The second-order valence-electron chi connectivity index (χ2n) is 10.9. The minimum Gasteiger partial charge on any atom is -0.341 e. The third-order valence-corrected chi connectivity index (χ3v) is 8.10. The normalized spacial score (nSPS) is 17.0. The highest BCUT2D eigenvalue weighted by Gasteiger charge is 2.33. The molecule has 0 atom stereocenters. The fourth-order valence-corrected chi connectivity index (χ4v) is 5.76. The van der Waals surface area contributed by atoms with Crippen molar-refractivity contribution in [2.24, 2.45) is 0 Å². The van der Waals surface area contributed by atoms with Crippen molar-refractivity contribution in [1.29, 1.82) is 0 Å². The highest BCUT2D eigenvalue weighted by atomic mass is 35.5. The molecule has 9 nitrogen and oxygen atoms in total. The third kappa shape index (κ3) is 4.23. The zero-order valence-corrected chi connectivity index (χ0v) is 22.9. The van der Waals surface area contributed by atoms with Gasteiger partial charge in [0.25, 0.3) is 5.92 Å². The first kappa shape index (κ1) is 25.1. The number of rotatable bonds is 5. The highest BCUT2D eigenvalue weighted by Crippen LogP contribution is 2.41. The van der Waals surface area contributed by atoms with E-state index in [1.54, 1.807) is 24.3 Å². The molecule has 7 rings (SSSR count). The number of hydrogen-bond donors (Lipinski definition) is 0. The summed E-state index contributed by atoms with van der Waals surface area (Å²) in [4.78, 5) is 30.2. The minimum absolute atomic E-state index is 0.0604. The van der Waals surface area contributed by atoms with Crippen LogP contribution in [0.25, 0.3) is 22.9 Å². The Labute approximate surface area is 234 Å². The molecule has 40 heavy (non-hydrogen) atoms. The van der Waals surface area contributed by atoms with Crippen molar-refractivity contribution < 1.29 is 13.6 Å². The van der Waals surface area contributed by atoms with Crippen molar-refractivity contribution in [3.8, 4) is 22.9 Å². The number of aromatic nitrogens is 6. The van der Waals surface area contributed by atoms with E-state index in [9.17, 15) is 13.6 Å². The number of anilines is 2. The van der Waals surface area contributed by atoms with E-state index in [2.05, 4.69) is 21.1 Å². The lowest BCUT2D eigenvalue weighted by atomic mass is 10.00. The average molecular weight is 565 g/mol. The molecule has 0 bridgehead atoms. The summed E-state index contributed by atoms with van der Waals surface area (Å²) in [6.07, 6.45) is 8.45.